The topological polar surface area (TPSA) is 38.2 Å². The van der Waals surface area contributed by atoms with Gasteiger partial charge in [-0.1, -0.05) is 11.6 Å². The normalized spacial score (nSPS) is 17.1. The van der Waals surface area contributed by atoms with Gasteiger partial charge in [0.05, 0.1) is 16.8 Å². The first-order chi connectivity index (χ1) is 6.77. The van der Waals surface area contributed by atoms with Crippen molar-refractivity contribution in [3.63, 3.8) is 0 Å². The van der Waals surface area contributed by atoms with Gasteiger partial charge in [-0.25, -0.2) is 4.98 Å². The van der Waals surface area contributed by atoms with Crippen molar-refractivity contribution in [2.75, 3.05) is 31.2 Å². The molecule has 1 fully saturated rings. The maximum Gasteiger partial charge on any atom is 0.226 e. The molecule has 14 heavy (non-hydrogen) atoms. The Labute approximate surface area is 101 Å². The van der Waals surface area contributed by atoms with Crippen molar-refractivity contribution in [1.29, 1.82) is 0 Å². The molecule has 0 aliphatic carbocycles. The average molecular weight is 326 g/mol. The molecule has 0 radical (unpaired) electrons. The van der Waals surface area contributed by atoms with Crippen molar-refractivity contribution in [2.45, 2.75) is 0 Å². The van der Waals surface area contributed by atoms with Gasteiger partial charge in [-0.15, -0.1) is 0 Å². The van der Waals surface area contributed by atoms with Crippen LogP contribution < -0.4 is 4.90 Å². The Morgan fingerprint density at radius 1 is 1.43 bits per heavy atom. The number of halogens is 2. The van der Waals surface area contributed by atoms with Crippen molar-refractivity contribution >= 4 is 40.1 Å². The van der Waals surface area contributed by atoms with Gasteiger partial charge in [0, 0.05) is 19.3 Å². The highest BCUT2D eigenvalue weighted by atomic mass is 127. The van der Waals surface area contributed by atoms with Crippen LogP contribution in [0.4, 0.5) is 5.95 Å². The molecular formula is C8H9ClIN3O. The molecule has 2 heterocycles. The van der Waals surface area contributed by atoms with Gasteiger partial charge in [-0.3, -0.25) is 0 Å². The molecule has 1 aliphatic rings. The van der Waals surface area contributed by atoms with E-state index < -0.39 is 0 Å². The number of anilines is 1. The molecular weight excluding hydrogens is 316 g/mol. The zero-order valence-corrected chi connectivity index (χ0v) is 10.3. The molecule has 1 aromatic rings. The number of nitrogens with zero attached hydrogens (tertiary/aromatic N) is 3. The number of aromatic nitrogens is 2. The van der Waals surface area contributed by atoms with Gasteiger partial charge in [0.1, 0.15) is 5.15 Å². The van der Waals surface area contributed by atoms with Gasteiger partial charge < -0.3 is 9.64 Å². The first kappa shape index (κ1) is 10.4. The summed E-state index contributed by atoms with van der Waals surface area (Å²) < 4.78 is 6.12. The largest absolute Gasteiger partial charge is 0.378 e. The monoisotopic (exact) mass is 325 g/mol. The van der Waals surface area contributed by atoms with Crippen LogP contribution in [0.5, 0.6) is 0 Å². The van der Waals surface area contributed by atoms with Crippen LogP contribution in [0.3, 0.4) is 0 Å². The summed E-state index contributed by atoms with van der Waals surface area (Å²) >= 11 is 8.03. The maximum absolute atomic E-state index is 5.92. The molecule has 6 heteroatoms. The van der Waals surface area contributed by atoms with Crippen LogP contribution >= 0.6 is 34.2 Å². The number of hydrogen-bond donors (Lipinski definition) is 0. The van der Waals surface area contributed by atoms with E-state index in [2.05, 4.69) is 37.5 Å². The van der Waals surface area contributed by atoms with E-state index in [0.29, 0.717) is 11.1 Å². The predicted octanol–water partition coefficient (Wildman–Crippen LogP) is 1.57. The smallest absolute Gasteiger partial charge is 0.226 e. The molecule has 0 saturated carbocycles. The average Bonchev–Trinajstić information content (AvgIpc) is 2.23. The number of ether oxygens (including phenoxy) is 1. The molecule has 2 rings (SSSR count). The lowest BCUT2D eigenvalue weighted by molar-refractivity contribution is 0.122. The summed E-state index contributed by atoms with van der Waals surface area (Å²) in [7, 11) is 0. The Morgan fingerprint density at radius 3 is 2.79 bits per heavy atom. The van der Waals surface area contributed by atoms with Crippen molar-refractivity contribution in [2.24, 2.45) is 0 Å². The minimum Gasteiger partial charge on any atom is -0.378 e. The van der Waals surface area contributed by atoms with Crippen LogP contribution in [0.25, 0.3) is 0 Å². The second-order valence-corrected chi connectivity index (χ2v) is 4.43. The zero-order chi connectivity index (χ0) is 9.97. The molecule has 0 atom stereocenters. The van der Waals surface area contributed by atoms with E-state index >= 15 is 0 Å². The van der Waals surface area contributed by atoms with Crippen LogP contribution in [0, 0.1) is 3.57 Å². The van der Waals surface area contributed by atoms with Crippen molar-refractivity contribution in [1.82, 2.24) is 9.97 Å². The number of morpholine rings is 1. The molecule has 0 aromatic carbocycles. The molecule has 1 aromatic heterocycles. The maximum atomic E-state index is 5.92. The van der Waals surface area contributed by atoms with Gasteiger partial charge in [0.2, 0.25) is 5.95 Å². The highest BCUT2D eigenvalue weighted by Crippen LogP contribution is 2.18. The molecule has 76 valence electrons. The highest BCUT2D eigenvalue weighted by Gasteiger charge is 2.14. The van der Waals surface area contributed by atoms with Crippen LogP contribution in [0.1, 0.15) is 0 Å². The van der Waals surface area contributed by atoms with Crippen molar-refractivity contribution < 1.29 is 4.74 Å². The summed E-state index contributed by atoms with van der Waals surface area (Å²) in [6.45, 7) is 3.12. The third kappa shape index (κ3) is 2.26. The predicted molar refractivity (Wildman–Crippen MR) is 62.8 cm³/mol. The Balaban J connectivity index is 2.18. The summed E-state index contributed by atoms with van der Waals surface area (Å²) in [4.78, 5) is 10.5. The van der Waals surface area contributed by atoms with Gasteiger partial charge >= 0.3 is 0 Å². The molecule has 4 nitrogen and oxygen atoms in total. The molecule has 0 amide bonds. The molecule has 1 saturated heterocycles. The Morgan fingerprint density at radius 2 is 2.14 bits per heavy atom. The van der Waals surface area contributed by atoms with Crippen LogP contribution in [0.15, 0.2) is 6.20 Å². The van der Waals surface area contributed by atoms with E-state index in [-0.39, 0.29) is 0 Å². The lowest BCUT2D eigenvalue weighted by atomic mass is 10.4. The summed E-state index contributed by atoms with van der Waals surface area (Å²) in [5, 5.41) is 0.516. The fourth-order valence-corrected chi connectivity index (χ4v) is 1.64. The van der Waals surface area contributed by atoms with Gasteiger partial charge in [-0.2, -0.15) is 4.98 Å². The van der Waals surface area contributed by atoms with E-state index in [4.69, 9.17) is 16.3 Å². The summed E-state index contributed by atoms with van der Waals surface area (Å²) in [6, 6.07) is 0. The second-order valence-electron chi connectivity index (χ2n) is 2.91. The first-order valence-electron chi connectivity index (χ1n) is 4.28. The zero-order valence-electron chi connectivity index (χ0n) is 7.41. The minimum atomic E-state index is 0.516. The summed E-state index contributed by atoms with van der Waals surface area (Å²) in [6.07, 6.45) is 1.74. The molecule has 0 spiro atoms. The standard InChI is InChI=1S/C8H9ClIN3O/c9-7-6(10)5-11-8(12-7)13-1-3-14-4-2-13/h5H,1-4H2. The van der Waals surface area contributed by atoms with Crippen LogP contribution in [-0.4, -0.2) is 36.3 Å². The second kappa shape index (κ2) is 4.59. The van der Waals surface area contributed by atoms with Crippen LogP contribution in [-0.2, 0) is 4.74 Å². The Kier molecular flexibility index (Phi) is 3.40. The quantitative estimate of drug-likeness (QED) is 0.580. The third-order valence-corrected chi connectivity index (χ3v) is 3.38. The minimum absolute atomic E-state index is 0.516. The number of hydrogen-bond acceptors (Lipinski definition) is 4. The highest BCUT2D eigenvalue weighted by molar-refractivity contribution is 14.1. The first-order valence-corrected chi connectivity index (χ1v) is 5.74. The fourth-order valence-electron chi connectivity index (χ4n) is 1.25. The van der Waals surface area contributed by atoms with Crippen molar-refractivity contribution in [3.8, 4) is 0 Å². The Bertz CT molecular complexity index is 330. The SMILES string of the molecule is Clc1nc(N2CCOCC2)ncc1I. The fraction of sp³-hybridized carbons (Fsp3) is 0.500. The van der Waals surface area contributed by atoms with Crippen LogP contribution in [0.2, 0.25) is 5.15 Å². The molecule has 0 bridgehead atoms. The summed E-state index contributed by atoms with van der Waals surface area (Å²) in [5.41, 5.74) is 0. The van der Waals surface area contributed by atoms with E-state index in [0.717, 1.165) is 29.9 Å². The van der Waals surface area contributed by atoms with Gasteiger partial charge in [-0.05, 0) is 22.6 Å². The van der Waals surface area contributed by atoms with Gasteiger partial charge in [0.15, 0.2) is 0 Å². The Hall–Kier alpha value is -0.140. The molecule has 0 unspecified atom stereocenters. The van der Waals surface area contributed by atoms with Crippen molar-refractivity contribution in [3.05, 3.63) is 14.9 Å². The number of rotatable bonds is 1. The van der Waals surface area contributed by atoms with Gasteiger partial charge in [0.25, 0.3) is 0 Å². The third-order valence-electron chi connectivity index (χ3n) is 1.98. The lowest BCUT2D eigenvalue weighted by Crippen LogP contribution is -2.37. The lowest BCUT2D eigenvalue weighted by Gasteiger charge is -2.26. The summed E-state index contributed by atoms with van der Waals surface area (Å²) in [5.74, 6) is 0.693. The van der Waals surface area contributed by atoms with E-state index in [9.17, 15) is 0 Å². The van der Waals surface area contributed by atoms with E-state index in [1.807, 2.05) is 0 Å². The molecule has 0 N–H and O–H groups in total. The van der Waals surface area contributed by atoms with E-state index in [1.165, 1.54) is 0 Å². The van der Waals surface area contributed by atoms with E-state index in [1.54, 1.807) is 6.20 Å². The molecule has 1 aliphatic heterocycles.